The second-order valence-electron chi connectivity index (χ2n) is 8.04. The average Bonchev–Trinajstić information content (AvgIpc) is 3.29. The summed E-state index contributed by atoms with van der Waals surface area (Å²) < 4.78 is 22.6. The molecule has 0 bridgehead atoms. The minimum Gasteiger partial charge on any atom is -0.364 e. The van der Waals surface area contributed by atoms with Crippen LogP contribution in [0.3, 0.4) is 0 Å². The quantitative estimate of drug-likeness (QED) is 0.686. The predicted octanol–water partition coefficient (Wildman–Crippen LogP) is 4.17. The molecule has 1 aromatic heterocycles. The van der Waals surface area contributed by atoms with Crippen LogP contribution in [-0.2, 0) is 24.4 Å². The molecule has 4 nitrogen and oxygen atoms in total. The van der Waals surface area contributed by atoms with Crippen molar-refractivity contribution >= 4 is 0 Å². The highest BCUT2D eigenvalue weighted by atomic mass is 19.1. The molecule has 1 atom stereocenters. The molecule has 0 N–H and O–H groups in total. The van der Waals surface area contributed by atoms with Gasteiger partial charge in [0.05, 0.1) is 18.4 Å². The molecule has 1 spiro atoms. The van der Waals surface area contributed by atoms with Crippen LogP contribution in [-0.4, -0.2) is 33.1 Å². The molecule has 2 aromatic carbocycles. The zero-order chi connectivity index (χ0) is 19.1. The van der Waals surface area contributed by atoms with Crippen LogP contribution in [0.5, 0.6) is 0 Å². The number of aryl methyl sites for hydroxylation is 1. The van der Waals surface area contributed by atoms with Gasteiger partial charge in [-0.25, -0.2) is 9.37 Å². The van der Waals surface area contributed by atoms with Crippen LogP contribution in [0.2, 0.25) is 0 Å². The Hall–Kier alpha value is -2.50. The van der Waals surface area contributed by atoms with Crippen LogP contribution >= 0.6 is 0 Å². The van der Waals surface area contributed by atoms with Gasteiger partial charge in [0.15, 0.2) is 0 Å². The largest absolute Gasteiger partial charge is 0.364 e. The first kappa shape index (κ1) is 17.6. The van der Waals surface area contributed by atoms with Gasteiger partial charge in [0, 0.05) is 25.2 Å². The fourth-order valence-corrected chi connectivity index (χ4v) is 4.39. The van der Waals surface area contributed by atoms with E-state index < -0.39 is 0 Å². The maximum Gasteiger partial charge on any atom is 0.135 e. The van der Waals surface area contributed by atoms with Crippen molar-refractivity contribution in [2.75, 3.05) is 13.1 Å². The molecule has 2 aliphatic rings. The molecular weight excluding hydrogens is 353 g/mol. The van der Waals surface area contributed by atoms with E-state index in [9.17, 15) is 4.39 Å². The lowest BCUT2D eigenvalue weighted by Crippen LogP contribution is -2.44. The zero-order valence-electron chi connectivity index (χ0n) is 16.1. The monoisotopic (exact) mass is 377 g/mol. The maximum absolute atomic E-state index is 14.0. The van der Waals surface area contributed by atoms with E-state index in [0.29, 0.717) is 13.2 Å². The van der Waals surface area contributed by atoms with Gasteiger partial charge in [-0.05, 0) is 25.0 Å². The summed E-state index contributed by atoms with van der Waals surface area (Å²) in [7, 11) is 0. The lowest BCUT2D eigenvalue weighted by molar-refractivity contribution is -0.0821. The second kappa shape index (κ2) is 6.83. The fraction of sp³-hybridized carbons (Fsp3) is 0.348. The van der Waals surface area contributed by atoms with Crippen molar-refractivity contribution < 1.29 is 9.13 Å². The number of aromatic nitrogens is 2. The van der Waals surface area contributed by atoms with Crippen LogP contribution in [0.4, 0.5) is 4.39 Å². The second-order valence-corrected chi connectivity index (χ2v) is 8.04. The lowest BCUT2D eigenvalue weighted by Gasteiger charge is -2.35. The Morgan fingerprint density at radius 3 is 2.75 bits per heavy atom. The number of fused-ring (bicyclic) bond motifs is 1. The molecule has 28 heavy (non-hydrogen) atoms. The number of halogens is 1. The van der Waals surface area contributed by atoms with Gasteiger partial charge >= 0.3 is 0 Å². The molecule has 0 aliphatic carbocycles. The molecule has 5 heteroatoms. The Morgan fingerprint density at radius 1 is 1.11 bits per heavy atom. The topological polar surface area (TPSA) is 30.3 Å². The summed E-state index contributed by atoms with van der Waals surface area (Å²) in [4.78, 5) is 6.88. The minimum atomic E-state index is -0.224. The van der Waals surface area contributed by atoms with Gasteiger partial charge < -0.3 is 9.30 Å². The van der Waals surface area contributed by atoms with E-state index in [1.54, 1.807) is 6.07 Å². The Labute approximate surface area is 164 Å². The Balaban J connectivity index is 1.36. The van der Waals surface area contributed by atoms with Crippen LogP contribution in [0.25, 0.3) is 11.3 Å². The third kappa shape index (κ3) is 3.15. The minimum absolute atomic E-state index is 0.133. The number of hydrogen-bond donors (Lipinski definition) is 0. The normalized spacial score (nSPS) is 21.9. The molecule has 1 fully saturated rings. The van der Waals surface area contributed by atoms with Crippen molar-refractivity contribution in [3.63, 3.8) is 0 Å². The molecule has 2 aliphatic heterocycles. The molecule has 0 saturated carbocycles. The average molecular weight is 377 g/mol. The third-order valence-electron chi connectivity index (χ3n) is 5.99. The highest BCUT2D eigenvalue weighted by Crippen LogP contribution is 2.35. The highest BCUT2D eigenvalue weighted by molar-refractivity contribution is 5.60. The van der Waals surface area contributed by atoms with E-state index in [-0.39, 0.29) is 11.4 Å². The molecule has 1 saturated heterocycles. The van der Waals surface area contributed by atoms with Crippen molar-refractivity contribution in [2.24, 2.45) is 0 Å². The molecule has 3 aromatic rings. The Bertz CT molecular complexity index is 997. The Kier molecular flexibility index (Phi) is 4.29. The van der Waals surface area contributed by atoms with E-state index in [0.717, 1.165) is 43.1 Å². The predicted molar refractivity (Wildman–Crippen MR) is 106 cm³/mol. The SMILES string of the molecule is Cc1ccc(-c2cnc3n2C[C@@]2(CCN(Cc4ccccc4F)C2)OC3)cc1. The number of hydrogen-bond acceptors (Lipinski definition) is 3. The number of benzene rings is 2. The number of nitrogens with zero attached hydrogens (tertiary/aromatic N) is 3. The van der Waals surface area contributed by atoms with Crippen LogP contribution < -0.4 is 0 Å². The van der Waals surface area contributed by atoms with E-state index in [4.69, 9.17) is 4.74 Å². The van der Waals surface area contributed by atoms with Crippen molar-refractivity contribution in [2.45, 2.75) is 38.6 Å². The van der Waals surface area contributed by atoms with E-state index in [2.05, 4.69) is 45.6 Å². The van der Waals surface area contributed by atoms with E-state index in [1.165, 1.54) is 17.2 Å². The van der Waals surface area contributed by atoms with Crippen LogP contribution in [0.1, 0.15) is 23.4 Å². The van der Waals surface area contributed by atoms with Crippen LogP contribution in [0, 0.1) is 12.7 Å². The summed E-state index contributed by atoms with van der Waals surface area (Å²) in [6, 6.07) is 15.6. The van der Waals surface area contributed by atoms with Gasteiger partial charge in [-0.1, -0.05) is 48.0 Å². The van der Waals surface area contributed by atoms with Crippen molar-refractivity contribution in [3.05, 3.63) is 77.5 Å². The van der Waals surface area contributed by atoms with Gasteiger partial charge in [-0.3, -0.25) is 4.90 Å². The molecule has 3 heterocycles. The van der Waals surface area contributed by atoms with Gasteiger partial charge in [-0.15, -0.1) is 0 Å². The first-order chi connectivity index (χ1) is 13.6. The Morgan fingerprint density at radius 2 is 1.93 bits per heavy atom. The van der Waals surface area contributed by atoms with E-state index >= 15 is 0 Å². The van der Waals surface area contributed by atoms with Gasteiger partial charge in [0.1, 0.15) is 23.8 Å². The zero-order valence-corrected chi connectivity index (χ0v) is 16.1. The lowest BCUT2D eigenvalue weighted by atomic mass is 10.0. The molecular formula is C23H24FN3O. The standard InChI is InChI=1S/C23H24FN3O/c1-17-6-8-18(9-7-17)21-12-25-22-14-28-23(16-27(21)22)10-11-26(15-23)13-19-4-2-3-5-20(19)24/h2-9,12H,10-11,13-16H2,1H3/t23-/m0/s1. The summed E-state index contributed by atoms with van der Waals surface area (Å²) in [6.07, 6.45) is 2.90. The van der Waals surface area contributed by atoms with Gasteiger partial charge in [-0.2, -0.15) is 0 Å². The van der Waals surface area contributed by atoms with Crippen molar-refractivity contribution in [3.8, 4) is 11.3 Å². The molecule has 0 unspecified atom stereocenters. The maximum atomic E-state index is 14.0. The summed E-state index contributed by atoms with van der Waals surface area (Å²) in [5.41, 5.74) is 4.10. The molecule has 0 radical (unpaired) electrons. The first-order valence-electron chi connectivity index (χ1n) is 9.83. The number of imidazole rings is 1. The summed E-state index contributed by atoms with van der Waals surface area (Å²) >= 11 is 0. The molecule has 144 valence electrons. The summed E-state index contributed by atoms with van der Waals surface area (Å²) in [5.74, 6) is 0.848. The van der Waals surface area contributed by atoms with Gasteiger partial charge in [0.25, 0.3) is 0 Å². The summed E-state index contributed by atoms with van der Waals surface area (Å²) in [6.45, 7) is 5.77. The van der Waals surface area contributed by atoms with Crippen LogP contribution in [0.15, 0.2) is 54.7 Å². The number of ether oxygens (including phenoxy) is 1. The summed E-state index contributed by atoms with van der Waals surface area (Å²) in [5, 5.41) is 0. The fourth-order valence-electron chi connectivity index (χ4n) is 4.39. The first-order valence-corrected chi connectivity index (χ1v) is 9.83. The third-order valence-corrected chi connectivity index (χ3v) is 5.99. The molecule has 0 amide bonds. The van der Waals surface area contributed by atoms with Gasteiger partial charge in [0.2, 0.25) is 0 Å². The number of likely N-dealkylation sites (tertiary alicyclic amines) is 1. The smallest absolute Gasteiger partial charge is 0.135 e. The van der Waals surface area contributed by atoms with Crippen molar-refractivity contribution in [1.29, 1.82) is 0 Å². The van der Waals surface area contributed by atoms with E-state index in [1.807, 2.05) is 18.3 Å². The molecule has 5 rings (SSSR count). The number of rotatable bonds is 3. The highest BCUT2D eigenvalue weighted by Gasteiger charge is 2.43. The van der Waals surface area contributed by atoms with Crippen molar-refractivity contribution in [1.82, 2.24) is 14.5 Å².